The lowest BCUT2D eigenvalue weighted by Gasteiger charge is -2.10. The van der Waals surface area contributed by atoms with Crippen molar-refractivity contribution in [1.82, 2.24) is 19.7 Å². The highest BCUT2D eigenvalue weighted by Gasteiger charge is 2.19. The van der Waals surface area contributed by atoms with Gasteiger partial charge in [0.05, 0.1) is 5.25 Å². The fraction of sp³-hybridized carbons (Fsp3) is 0.625. The molecule has 0 aliphatic carbocycles. The molecule has 1 amide bonds. The highest BCUT2D eigenvalue weighted by molar-refractivity contribution is 8.00. The van der Waals surface area contributed by atoms with Crippen molar-refractivity contribution in [3.05, 3.63) is 17.4 Å². The Balaban J connectivity index is 1.82. The largest absolute Gasteiger partial charge is 0.309 e. The lowest BCUT2D eigenvalue weighted by molar-refractivity contribution is -0.115. The van der Waals surface area contributed by atoms with Crippen LogP contribution in [0, 0.1) is 0 Å². The maximum absolute atomic E-state index is 12.2. The van der Waals surface area contributed by atoms with Crippen LogP contribution >= 0.6 is 23.1 Å². The van der Waals surface area contributed by atoms with E-state index < -0.39 is 0 Å². The first-order chi connectivity index (χ1) is 11.6. The van der Waals surface area contributed by atoms with E-state index in [1.807, 2.05) is 23.9 Å². The molecule has 2 rings (SSSR count). The number of thioether (sulfide) groups is 1. The molecule has 0 spiro atoms. The first-order valence-electron chi connectivity index (χ1n) is 8.37. The number of hydrogen-bond donors (Lipinski definition) is 1. The van der Waals surface area contributed by atoms with Crippen molar-refractivity contribution in [2.75, 3.05) is 5.32 Å². The van der Waals surface area contributed by atoms with Gasteiger partial charge in [0.1, 0.15) is 5.82 Å². The van der Waals surface area contributed by atoms with E-state index in [0.29, 0.717) is 5.13 Å². The van der Waals surface area contributed by atoms with Crippen molar-refractivity contribution >= 4 is 34.1 Å². The predicted octanol–water partition coefficient (Wildman–Crippen LogP) is 3.90. The molecule has 0 aliphatic heterocycles. The highest BCUT2D eigenvalue weighted by atomic mass is 32.2. The van der Waals surface area contributed by atoms with Gasteiger partial charge in [-0.3, -0.25) is 4.79 Å². The van der Waals surface area contributed by atoms with Gasteiger partial charge >= 0.3 is 0 Å². The van der Waals surface area contributed by atoms with Gasteiger partial charge in [0.15, 0.2) is 10.3 Å². The Morgan fingerprint density at radius 3 is 2.83 bits per heavy atom. The second kappa shape index (κ2) is 9.78. The van der Waals surface area contributed by atoms with Gasteiger partial charge in [-0.1, -0.05) is 44.4 Å². The number of hydrogen-bond acceptors (Lipinski definition) is 6. The molecule has 24 heavy (non-hydrogen) atoms. The molecule has 0 unspecified atom stereocenters. The number of unbranched alkanes of at least 4 members (excludes halogenated alkanes) is 4. The number of nitrogens with zero attached hydrogens (tertiary/aromatic N) is 4. The molecule has 0 fully saturated rings. The second-order valence-corrected chi connectivity index (χ2v) is 7.91. The van der Waals surface area contributed by atoms with Crippen LogP contribution in [0.2, 0.25) is 0 Å². The minimum atomic E-state index is -0.255. The molecule has 6 nitrogen and oxygen atoms in total. The van der Waals surface area contributed by atoms with Gasteiger partial charge in [-0.15, -0.1) is 21.5 Å². The van der Waals surface area contributed by atoms with E-state index in [4.69, 9.17) is 0 Å². The summed E-state index contributed by atoms with van der Waals surface area (Å²) in [7, 11) is 1.97. The molecule has 2 aromatic heterocycles. The molecule has 0 aromatic carbocycles. The van der Waals surface area contributed by atoms with Gasteiger partial charge in [0.25, 0.3) is 0 Å². The molecule has 132 valence electrons. The number of carbonyl (C=O) groups is 1. The number of rotatable bonds is 10. The monoisotopic (exact) mass is 367 g/mol. The third kappa shape index (κ3) is 5.59. The maximum Gasteiger partial charge on any atom is 0.239 e. The summed E-state index contributed by atoms with van der Waals surface area (Å²) in [5.74, 6) is 0.917. The molecular weight excluding hydrogens is 342 g/mol. The Morgan fingerprint density at radius 1 is 1.33 bits per heavy atom. The van der Waals surface area contributed by atoms with E-state index in [9.17, 15) is 4.79 Å². The van der Waals surface area contributed by atoms with Crippen LogP contribution < -0.4 is 5.32 Å². The molecule has 0 saturated heterocycles. The Hall–Kier alpha value is -1.41. The molecule has 0 saturated carbocycles. The van der Waals surface area contributed by atoms with Crippen molar-refractivity contribution < 1.29 is 4.79 Å². The number of amides is 1. The molecule has 0 bridgehead atoms. The number of aryl methyl sites for hydroxylation is 1. The van der Waals surface area contributed by atoms with E-state index in [0.717, 1.165) is 23.8 Å². The van der Waals surface area contributed by atoms with Crippen LogP contribution in [-0.2, 0) is 18.3 Å². The number of thiazole rings is 1. The Kier molecular flexibility index (Phi) is 7.71. The molecule has 0 radical (unpaired) electrons. The average molecular weight is 368 g/mol. The van der Waals surface area contributed by atoms with Crippen LogP contribution in [0.4, 0.5) is 5.13 Å². The Labute approximate surface area is 151 Å². The van der Waals surface area contributed by atoms with Crippen molar-refractivity contribution in [1.29, 1.82) is 0 Å². The first-order valence-corrected chi connectivity index (χ1v) is 10.1. The molecule has 2 heterocycles. The Bertz CT molecular complexity index is 626. The van der Waals surface area contributed by atoms with E-state index in [2.05, 4.69) is 27.4 Å². The quantitative estimate of drug-likeness (QED) is 0.509. The summed E-state index contributed by atoms with van der Waals surface area (Å²) in [4.78, 5) is 16.2. The topological polar surface area (TPSA) is 72.7 Å². The van der Waals surface area contributed by atoms with Crippen molar-refractivity contribution in [3.63, 3.8) is 0 Å². The lowest BCUT2D eigenvalue weighted by atomic mass is 10.1. The van der Waals surface area contributed by atoms with Gasteiger partial charge in [0.2, 0.25) is 5.91 Å². The minimum absolute atomic E-state index is 0.0703. The summed E-state index contributed by atoms with van der Waals surface area (Å²) < 4.78 is 2.00. The fourth-order valence-corrected chi connectivity index (χ4v) is 3.62. The molecule has 1 atom stereocenters. The SMILES string of the molecule is CCCCCCCc1nnc(S[C@@H](C)C(=O)Nc2nccs2)n1C. The fourth-order valence-electron chi connectivity index (χ4n) is 2.26. The molecule has 1 N–H and O–H groups in total. The average Bonchev–Trinajstić information content (AvgIpc) is 3.19. The van der Waals surface area contributed by atoms with Gasteiger partial charge < -0.3 is 9.88 Å². The van der Waals surface area contributed by atoms with E-state index >= 15 is 0 Å². The second-order valence-electron chi connectivity index (χ2n) is 5.71. The third-order valence-electron chi connectivity index (χ3n) is 3.74. The van der Waals surface area contributed by atoms with Gasteiger partial charge in [-0.2, -0.15) is 0 Å². The highest BCUT2D eigenvalue weighted by Crippen LogP contribution is 2.23. The summed E-state index contributed by atoms with van der Waals surface area (Å²) in [5, 5.41) is 14.3. The zero-order valence-corrected chi connectivity index (χ0v) is 16.1. The lowest BCUT2D eigenvalue weighted by Crippen LogP contribution is -2.22. The molecular formula is C16H25N5OS2. The third-order valence-corrected chi connectivity index (χ3v) is 5.57. The van der Waals surface area contributed by atoms with Crippen LogP contribution in [0.25, 0.3) is 0 Å². The summed E-state index contributed by atoms with van der Waals surface area (Å²) in [6.45, 7) is 4.09. The zero-order chi connectivity index (χ0) is 17.4. The first kappa shape index (κ1) is 18.9. The smallest absolute Gasteiger partial charge is 0.239 e. The Morgan fingerprint density at radius 2 is 2.12 bits per heavy atom. The van der Waals surface area contributed by atoms with Crippen molar-refractivity contribution in [2.45, 2.75) is 62.8 Å². The number of anilines is 1. The standard InChI is InChI=1S/C16H25N5OS2/c1-4-5-6-7-8-9-13-19-20-16(21(13)3)24-12(2)14(22)18-15-17-10-11-23-15/h10-12H,4-9H2,1-3H3,(H,17,18,22)/t12-/m0/s1. The van der Waals surface area contributed by atoms with Crippen LogP contribution in [-0.4, -0.2) is 30.9 Å². The summed E-state index contributed by atoms with van der Waals surface area (Å²) in [6.07, 6.45) is 8.81. The van der Waals surface area contributed by atoms with E-state index in [-0.39, 0.29) is 11.2 Å². The summed E-state index contributed by atoms with van der Waals surface area (Å²) in [6, 6.07) is 0. The van der Waals surface area contributed by atoms with Crippen molar-refractivity contribution in [2.24, 2.45) is 7.05 Å². The minimum Gasteiger partial charge on any atom is -0.309 e. The van der Waals surface area contributed by atoms with Crippen LogP contribution in [0.5, 0.6) is 0 Å². The molecule has 8 heteroatoms. The normalized spacial score (nSPS) is 12.3. The molecule has 2 aromatic rings. The predicted molar refractivity (Wildman–Crippen MR) is 99.5 cm³/mol. The van der Waals surface area contributed by atoms with Gasteiger partial charge in [0, 0.05) is 25.0 Å². The number of carbonyl (C=O) groups excluding carboxylic acids is 1. The van der Waals surface area contributed by atoms with Crippen LogP contribution in [0.15, 0.2) is 16.7 Å². The van der Waals surface area contributed by atoms with Crippen molar-refractivity contribution in [3.8, 4) is 0 Å². The molecule has 0 aliphatic rings. The zero-order valence-electron chi connectivity index (χ0n) is 14.5. The van der Waals surface area contributed by atoms with Crippen LogP contribution in [0.3, 0.4) is 0 Å². The van der Waals surface area contributed by atoms with Gasteiger partial charge in [-0.25, -0.2) is 4.98 Å². The summed E-state index contributed by atoms with van der Waals surface area (Å²) >= 11 is 2.83. The van der Waals surface area contributed by atoms with E-state index in [1.54, 1.807) is 6.20 Å². The number of aromatic nitrogens is 4. The summed E-state index contributed by atoms with van der Waals surface area (Å²) in [5.41, 5.74) is 0. The maximum atomic E-state index is 12.2. The van der Waals surface area contributed by atoms with Gasteiger partial charge in [-0.05, 0) is 13.3 Å². The number of nitrogens with one attached hydrogen (secondary N) is 1. The van der Waals surface area contributed by atoms with E-state index in [1.165, 1.54) is 48.8 Å². The van der Waals surface area contributed by atoms with Crippen LogP contribution in [0.1, 0.15) is 51.8 Å².